The zero-order valence-electron chi connectivity index (χ0n) is 15.4. The summed E-state index contributed by atoms with van der Waals surface area (Å²) in [5.74, 6) is -0.105. The molecule has 0 saturated carbocycles. The number of carbonyl (C=O) groups excluding carboxylic acids is 2. The number of hydrogen-bond donors (Lipinski definition) is 3. The van der Waals surface area contributed by atoms with E-state index >= 15 is 0 Å². The number of azo groups is 1. The molecule has 4 N–H and O–H groups in total. The first-order chi connectivity index (χ1) is 13.1. The van der Waals surface area contributed by atoms with Crippen molar-refractivity contribution in [2.75, 3.05) is 13.1 Å². The topological polar surface area (TPSA) is 109 Å². The van der Waals surface area contributed by atoms with Gasteiger partial charge in [-0.25, -0.2) is 0 Å². The molecule has 0 unspecified atom stereocenters. The summed E-state index contributed by atoms with van der Waals surface area (Å²) in [4.78, 5) is 23.3. The molecule has 0 fully saturated rings. The summed E-state index contributed by atoms with van der Waals surface area (Å²) in [7, 11) is 0. The molecule has 0 aliphatic rings. The molecule has 142 valence electrons. The fraction of sp³-hybridized carbons (Fsp3) is 0.300. The minimum absolute atomic E-state index is 0.0569. The number of nitrogens with one attached hydrogen (secondary N) is 2. The molecular weight excluding hydrogens is 342 g/mol. The molecule has 27 heavy (non-hydrogen) atoms. The number of carbonyl (C=O) groups is 2. The number of amides is 2. The van der Waals surface area contributed by atoms with E-state index in [1.807, 2.05) is 31.2 Å². The van der Waals surface area contributed by atoms with Crippen LogP contribution in [0.15, 0.2) is 58.8 Å². The number of benzene rings is 2. The minimum atomic E-state index is -0.162. The summed E-state index contributed by atoms with van der Waals surface area (Å²) in [6, 6.07) is 14.4. The van der Waals surface area contributed by atoms with Crippen LogP contribution >= 0.6 is 0 Å². The second-order valence-electron chi connectivity index (χ2n) is 5.98. The normalized spacial score (nSPS) is 10.7. The number of hydrogen-bond acceptors (Lipinski definition) is 5. The molecule has 2 aromatic rings. The minimum Gasteiger partial charge on any atom is -0.352 e. The van der Waals surface area contributed by atoms with Crippen molar-refractivity contribution in [1.82, 2.24) is 10.6 Å². The lowest BCUT2D eigenvalue weighted by Crippen LogP contribution is -2.28. The first kappa shape index (κ1) is 20.3. The van der Waals surface area contributed by atoms with Gasteiger partial charge in [0.25, 0.3) is 5.91 Å². The highest BCUT2D eigenvalue weighted by molar-refractivity contribution is 5.94. The molecule has 0 saturated heterocycles. The van der Waals surface area contributed by atoms with Crippen molar-refractivity contribution in [1.29, 1.82) is 0 Å². The van der Waals surface area contributed by atoms with E-state index in [9.17, 15) is 9.59 Å². The molecule has 2 aromatic carbocycles. The molecule has 0 aromatic heterocycles. The molecule has 7 heteroatoms. The molecule has 0 heterocycles. The summed E-state index contributed by atoms with van der Waals surface area (Å²) in [5.41, 5.74) is 8.29. The lowest BCUT2D eigenvalue weighted by molar-refractivity contribution is -0.121. The Kier molecular flexibility index (Phi) is 8.12. The average molecular weight is 367 g/mol. The van der Waals surface area contributed by atoms with E-state index < -0.39 is 0 Å². The highest BCUT2D eigenvalue weighted by Crippen LogP contribution is 2.19. The van der Waals surface area contributed by atoms with Crippen molar-refractivity contribution >= 4 is 23.2 Å². The standard InChI is InChI=1S/C20H25N5O2/c1-2-3-19(26)23-14-15-4-8-17(9-5-15)24-25-18-10-6-16(7-11-18)20(27)22-13-12-21/h4-11H,2-3,12-14,21H2,1H3,(H,22,27)(H,23,26). The molecule has 2 amide bonds. The predicted molar refractivity (Wildman–Crippen MR) is 105 cm³/mol. The molecule has 7 nitrogen and oxygen atoms in total. The molecule has 0 bridgehead atoms. The highest BCUT2D eigenvalue weighted by atomic mass is 16.2. The Bertz CT molecular complexity index is 770. The van der Waals surface area contributed by atoms with Gasteiger partial charge in [0, 0.05) is 31.6 Å². The Labute approximate surface area is 159 Å². The second-order valence-corrected chi connectivity index (χ2v) is 5.98. The van der Waals surface area contributed by atoms with E-state index in [0.717, 1.165) is 12.0 Å². The van der Waals surface area contributed by atoms with Gasteiger partial charge in [0.15, 0.2) is 0 Å². The van der Waals surface area contributed by atoms with Crippen molar-refractivity contribution in [3.8, 4) is 0 Å². The predicted octanol–water partition coefficient (Wildman–Crippen LogP) is 3.21. The van der Waals surface area contributed by atoms with Gasteiger partial charge in [0.1, 0.15) is 0 Å². The lowest BCUT2D eigenvalue weighted by Gasteiger charge is -2.04. The van der Waals surface area contributed by atoms with Crippen molar-refractivity contribution in [2.45, 2.75) is 26.3 Å². The van der Waals surface area contributed by atoms with Crippen molar-refractivity contribution < 1.29 is 9.59 Å². The molecule has 0 aliphatic carbocycles. The van der Waals surface area contributed by atoms with E-state index in [4.69, 9.17) is 5.73 Å². The summed E-state index contributed by atoms with van der Waals surface area (Å²) in [5, 5.41) is 13.9. The summed E-state index contributed by atoms with van der Waals surface area (Å²) in [6.45, 7) is 3.33. The first-order valence-electron chi connectivity index (χ1n) is 8.98. The van der Waals surface area contributed by atoms with Gasteiger partial charge in [-0.3, -0.25) is 9.59 Å². The van der Waals surface area contributed by atoms with Crippen molar-refractivity contribution in [3.63, 3.8) is 0 Å². The number of nitrogens with zero attached hydrogens (tertiary/aromatic N) is 2. The smallest absolute Gasteiger partial charge is 0.251 e. The van der Waals surface area contributed by atoms with Crippen LogP contribution in [0, 0.1) is 0 Å². The van der Waals surface area contributed by atoms with E-state index in [2.05, 4.69) is 20.9 Å². The lowest BCUT2D eigenvalue weighted by atomic mass is 10.2. The van der Waals surface area contributed by atoms with Gasteiger partial charge < -0.3 is 16.4 Å². The average Bonchev–Trinajstić information content (AvgIpc) is 2.70. The van der Waals surface area contributed by atoms with Gasteiger partial charge in [-0.2, -0.15) is 10.2 Å². The van der Waals surface area contributed by atoms with Crippen LogP contribution < -0.4 is 16.4 Å². The molecule has 0 atom stereocenters. The number of nitrogens with two attached hydrogens (primary N) is 1. The highest BCUT2D eigenvalue weighted by Gasteiger charge is 2.04. The summed E-state index contributed by atoms with van der Waals surface area (Å²) >= 11 is 0. The molecule has 0 radical (unpaired) electrons. The SMILES string of the molecule is CCCC(=O)NCc1ccc(N=Nc2ccc(C(=O)NCCN)cc2)cc1. The van der Waals surface area contributed by atoms with Gasteiger partial charge in [0.05, 0.1) is 11.4 Å². The monoisotopic (exact) mass is 367 g/mol. The summed E-state index contributed by atoms with van der Waals surface area (Å²) in [6.07, 6.45) is 1.38. The molecule has 0 aliphatic heterocycles. The van der Waals surface area contributed by atoms with Gasteiger partial charge >= 0.3 is 0 Å². The Hall–Kier alpha value is -3.06. The van der Waals surface area contributed by atoms with Crippen LogP contribution in [-0.4, -0.2) is 24.9 Å². The molecular formula is C20H25N5O2. The van der Waals surface area contributed by atoms with Gasteiger partial charge in [-0.15, -0.1) is 0 Å². The maximum absolute atomic E-state index is 11.8. The maximum Gasteiger partial charge on any atom is 0.251 e. The Balaban J connectivity index is 1.89. The Morgan fingerprint density at radius 2 is 1.52 bits per heavy atom. The van der Waals surface area contributed by atoms with E-state index in [1.54, 1.807) is 24.3 Å². The Morgan fingerprint density at radius 3 is 2.07 bits per heavy atom. The van der Waals surface area contributed by atoms with Crippen molar-refractivity contribution in [3.05, 3.63) is 59.7 Å². The third kappa shape index (κ3) is 6.99. The third-order valence-electron chi connectivity index (χ3n) is 3.74. The van der Waals surface area contributed by atoms with E-state index in [-0.39, 0.29) is 11.8 Å². The van der Waals surface area contributed by atoms with E-state index in [1.165, 1.54) is 0 Å². The van der Waals surface area contributed by atoms with Crippen molar-refractivity contribution in [2.24, 2.45) is 16.0 Å². The van der Waals surface area contributed by atoms with Gasteiger partial charge in [0.2, 0.25) is 5.91 Å². The van der Waals surface area contributed by atoms with Crippen LogP contribution in [0.25, 0.3) is 0 Å². The summed E-state index contributed by atoms with van der Waals surface area (Å²) < 4.78 is 0. The molecule has 0 spiro atoms. The first-order valence-corrected chi connectivity index (χ1v) is 8.98. The fourth-order valence-electron chi connectivity index (χ4n) is 2.28. The van der Waals surface area contributed by atoms with Crippen LogP contribution in [0.3, 0.4) is 0 Å². The number of rotatable bonds is 9. The van der Waals surface area contributed by atoms with Crippen LogP contribution in [0.5, 0.6) is 0 Å². The quantitative estimate of drug-likeness (QED) is 0.592. The fourth-order valence-corrected chi connectivity index (χ4v) is 2.28. The van der Waals surface area contributed by atoms with Crippen LogP contribution in [0.2, 0.25) is 0 Å². The maximum atomic E-state index is 11.8. The van der Waals surface area contributed by atoms with Crippen LogP contribution in [0.4, 0.5) is 11.4 Å². The Morgan fingerprint density at radius 1 is 0.926 bits per heavy atom. The zero-order valence-corrected chi connectivity index (χ0v) is 15.4. The van der Waals surface area contributed by atoms with Gasteiger partial charge in [-0.05, 0) is 48.4 Å². The molecule has 2 rings (SSSR count). The second kappa shape index (κ2) is 10.8. The van der Waals surface area contributed by atoms with Gasteiger partial charge in [-0.1, -0.05) is 19.1 Å². The van der Waals surface area contributed by atoms with Crippen LogP contribution in [0.1, 0.15) is 35.7 Å². The largest absolute Gasteiger partial charge is 0.352 e. The van der Waals surface area contributed by atoms with Crippen LogP contribution in [-0.2, 0) is 11.3 Å². The zero-order chi connectivity index (χ0) is 19.5. The van der Waals surface area contributed by atoms with E-state index in [0.29, 0.717) is 43.0 Å². The third-order valence-corrected chi connectivity index (χ3v) is 3.74.